The number of rotatable bonds is 5. The number of hydrogen-bond donors (Lipinski definition) is 2. The van der Waals surface area contributed by atoms with E-state index in [-0.39, 0.29) is 28.7 Å². The highest BCUT2D eigenvalue weighted by molar-refractivity contribution is 7.89. The van der Waals surface area contributed by atoms with Gasteiger partial charge in [-0.25, -0.2) is 22.6 Å². The van der Waals surface area contributed by atoms with Crippen LogP contribution in [0.1, 0.15) is 21.9 Å². The second-order valence-corrected chi connectivity index (χ2v) is 5.72. The third-order valence-electron chi connectivity index (χ3n) is 2.58. The smallest absolute Gasteiger partial charge is 0.339 e. The number of nitrogens with zero attached hydrogens (tertiary/aromatic N) is 3. The average Bonchev–Trinajstić information content (AvgIpc) is 2.93. The zero-order chi connectivity index (χ0) is 14.9. The third-order valence-corrected chi connectivity index (χ3v) is 4.03. The zero-order valence-corrected chi connectivity index (χ0v) is 11.5. The maximum atomic E-state index is 11.9. The Morgan fingerprint density at radius 3 is 2.75 bits per heavy atom. The minimum absolute atomic E-state index is 0.00129. The van der Waals surface area contributed by atoms with Gasteiger partial charge in [0.05, 0.1) is 12.7 Å². The predicted molar refractivity (Wildman–Crippen MR) is 65.4 cm³/mol. The molecule has 9 nitrogen and oxygen atoms in total. The van der Waals surface area contributed by atoms with Crippen LogP contribution in [0, 0.1) is 6.92 Å². The summed E-state index contributed by atoms with van der Waals surface area (Å²) in [5.74, 6) is -0.705. The fourth-order valence-electron chi connectivity index (χ4n) is 1.61. The molecule has 10 heteroatoms. The van der Waals surface area contributed by atoms with Crippen molar-refractivity contribution in [1.29, 1.82) is 0 Å². The molecule has 108 valence electrons. The molecule has 0 aliphatic rings. The summed E-state index contributed by atoms with van der Waals surface area (Å²) >= 11 is 0. The molecule has 0 aliphatic carbocycles. The van der Waals surface area contributed by atoms with Gasteiger partial charge in [0, 0.05) is 7.05 Å². The first-order valence-electron chi connectivity index (χ1n) is 5.48. The van der Waals surface area contributed by atoms with Crippen LogP contribution >= 0.6 is 0 Å². The van der Waals surface area contributed by atoms with Gasteiger partial charge in [-0.3, -0.25) is 0 Å². The molecule has 0 unspecified atom stereocenters. The molecule has 20 heavy (non-hydrogen) atoms. The van der Waals surface area contributed by atoms with Crippen LogP contribution < -0.4 is 4.72 Å². The van der Waals surface area contributed by atoms with Crippen molar-refractivity contribution in [3.63, 3.8) is 0 Å². The van der Waals surface area contributed by atoms with Crippen molar-refractivity contribution in [2.75, 3.05) is 0 Å². The van der Waals surface area contributed by atoms with Crippen molar-refractivity contribution in [1.82, 2.24) is 19.7 Å². The van der Waals surface area contributed by atoms with E-state index in [1.165, 1.54) is 20.0 Å². The second-order valence-electron chi connectivity index (χ2n) is 4.01. The largest absolute Gasteiger partial charge is 0.478 e. The second kappa shape index (κ2) is 5.06. The first kappa shape index (κ1) is 14.2. The van der Waals surface area contributed by atoms with E-state index < -0.39 is 16.0 Å². The van der Waals surface area contributed by atoms with Crippen LogP contribution in [0.3, 0.4) is 0 Å². The highest BCUT2D eigenvalue weighted by Crippen LogP contribution is 2.15. The summed E-state index contributed by atoms with van der Waals surface area (Å²) in [4.78, 5) is 10.8. The van der Waals surface area contributed by atoms with Crippen LogP contribution in [-0.4, -0.2) is 34.5 Å². The Kier molecular flexibility index (Phi) is 3.59. The van der Waals surface area contributed by atoms with Gasteiger partial charge in [-0.1, -0.05) is 5.21 Å². The molecular weight excluding hydrogens is 288 g/mol. The molecule has 0 radical (unpaired) electrons. The molecule has 0 fully saturated rings. The summed E-state index contributed by atoms with van der Waals surface area (Å²) in [6.45, 7) is 1.33. The van der Waals surface area contributed by atoms with Crippen LogP contribution in [0.25, 0.3) is 0 Å². The van der Waals surface area contributed by atoms with Gasteiger partial charge in [0.1, 0.15) is 17.1 Å². The maximum Gasteiger partial charge on any atom is 0.339 e. The highest BCUT2D eigenvalue weighted by atomic mass is 32.2. The fraction of sp³-hybridized carbons (Fsp3) is 0.300. The topological polar surface area (TPSA) is 127 Å². The van der Waals surface area contributed by atoms with Gasteiger partial charge in [0.25, 0.3) is 10.0 Å². The highest BCUT2D eigenvalue weighted by Gasteiger charge is 2.20. The van der Waals surface area contributed by atoms with Crippen molar-refractivity contribution in [2.24, 2.45) is 7.05 Å². The van der Waals surface area contributed by atoms with E-state index >= 15 is 0 Å². The third kappa shape index (κ3) is 2.70. The van der Waals surface area contributed by atoms with E-state index in [1.54, 1.807) is 0 Å². The number of aryl methyl sites for hydroxylation is 2. The number of carboxylic acids is 1. The number of furan rings is 1. The molecule has 0 spiro atoms. The van der Waals surface area contributed by atoms with Crippen LogP contribution in [0.15, 0.2) is 21.7 Å². The van der Waals surface area contributed by atoms with Gasteiger partial charge in [-0.15, -0.1) is 5.10 Å². The number of aromatic carboxylic acids is 1. The van der Waals surface area contributed by atoms with Gasteiger partial charge in [0.15, 0.2) is 5.03 Å². The summed E-state index contributed by atoms with van der Waals surface area (Å²) in [6.07, 6.45) is 1.11. The minimum Gasteiger partial charge on any atom is -0.478 e. The molecule has 2 N–H and O–H groups in total. The maximum absolute atomic E-state index is 11.9. The zero-order valence-electron chi connectivity index (χ0n) is 10.7. The van der Waals surface area contributed by atoms with Crippen LogP contribution in [0.4, 0.5) is 0 Å². The summed E-state index contributed by atoms with van der Waals surface area (Å²) < 4.78 is 32.5. The summed E-state index contributed by atoms with van der Waals surface area (Å²) in [5, 5.41) is 15.8. The van der Waals surface area contributed by atoms with E-state index in [2.05, 4.69) is 15.0 Å². The molecule has 0 atom stereocenters. The quantitative estimate of drug-likeness (QED) is 0.788. The lowest BCUT2D eigenvalue weighted by Crippen LogP contribution is -2.25. The fourth-order valence-corrected chi connectivity index (χ4v) is 2.66. The van der Waals surface area contributed by atoms with Crippen molar-refractivity contribution < 1.29 is 22.7 Å². The van der Waals surface area contributed by atoms with Crippen LogP contribution in [0.2, 0.25) is 0 Å². The van der Waals surface area contributed by atoms with E-state index in [0.717, 1.165) is 10.9 Å². The predicted octanol–water partition coefficient (Wildman–Crippen LogP) is -0.107. The number of carboxylic acid groups (broad SMARTS) is 1. The lowest BCUT2D eigenvalue weighted by Gasteiger charge is -2.03. The molecule has 2 aromatic rings. The normalized spacial score (nSPS) is 11.7. The summed E-state index contributed by atoms with van der Waals surface area (Å²) in [6, 6.07) is 1.28. The molecule has 0 saturated carbocycles. The minimum atomic E-state index is -3.79. The van der Waals surface area contributed by atoms with E-state index in [0.29, 0.717) is 0 Å². The number of hydrogen-bond acceptors (Lipinski definition) is 6. The first-order chi connectivity index (χ1) is 9.31. The van der Waals surface area contributed by atoms with E-state index in [1.807, 2.05) is 0 Å². The number of aromatic nitrogens is 3. The number of carbonyl (C=O) groups is 1. The molecule has 0 bridgehead atoms. The molecular formula is C10H12N4O5S. The Bertz CT molecular complexity index is 746. The summed E-state index contributed by atoms with van der Waals surface area (Å²) in [5.41, 5.74) is 0.00129. The van der Waals surface area contributed by atoms with Gasteiger partial charge in [-0.05, 0) is 13.0 Å². The van der Waals surface area contributed by atoms with Gasteiger partial charge in [-0.2, -0.15) is 0 Å². The molecule has 0 aliphatic heterocycles. The SMILES string of the molecule is Cc1oc(CNS(=O)(=O)c2cnnn2C)cc1C(=O)O. The Balaban J connectivity index is 2.15. The molecule has 0 amide bonds. The van der Waals surface area contributed by atoms with Crippen LogP contribution in [0.5, 0.6) is 0 Å². The first-order valence-corrected chi connectivity index (χ1v) is 6.96. The number of nitrogens with one attached hydrogen (secondary N) is 1. The summed E-state index contributed by atoms with van der Waals surface area (Å²) in [7, 11) is -2.34. The number of sulfonamides is 1. The Morgan fingerprint density at radius 1 is 1.55 bits per heavy atom. The van der Waals surface area contributed by atoms with Crippen LogP contribution in [-0.2, 0) is 23.6 Å². The van der Waals surface area contributed by atoms with E-state index in [4.69, 9.17) is 9.52 Å². The van der Waals surface area contributed by atoms with Gasteiger partial charge >= 0.3 is 5.97 Å². The molecule has 2 rings (SSSR count). The van der Waals surface area contributed by atoms with Crippen molar-refractivity contribution >= 4 is 16.0 Å². The lowest BCUT2D eigenvalue weighted by atomic mass is 10.2. The molecule has 0 saturated heterocycles. The van der Waals surface area contributed by atoms with Gasteiger partial charge in [0.2, 0.25) is 0 Å². The Hall–Kier alpha value is -2.20. The monoisotopic (exact) mass is 300 g/mol. The average molecular weight is 300 g/mol. The Labute approximate surface area is 114 Å². The van der Waals surface area contributed by atoms with Crippen molar-refractivity contribution in [2.45, 2.75) is 18.5 Å². The Morgan fingerprint density at radius 2 is 2.25 bits per heavy atom. The standard InChI is InChI=1S/C10H12N4O5S/c1-6-8(10(15)16)3-7(19-6)4-12-20(17,18)9-5-11-13-14(9)2/h3,5,12H,4H2,1-2H3,(H,15,16). The van der Waals surface area contributed by atoms with Crippen molar-refractivity contribution in [3.8, 4) is 0 Å². The van der Waals surface area contributed by atoms with Crippen molar-refractivity contribution in [3.05, 3.63) is 29.3 Å². The molecule has 2 heterocycles. The molecule has 2 aromatic heterocycles. The van der Waals surface area contributed by atoms with Gasteiger partial charge < -0.3 is 9.52 Å². The molecule has 0 aromatic carbocycles. The van der Waals surface area contributed by atoms with E-state index in [9.17, 15) is 13.2 Å². The lowest BCUT2D eigenvalue weighted by molar-refractivity contribution is 0.0695.